The molecule has 1 aliphatic rings. The van der Waals surface area contributed by atoms with Crippen molar-refractivity contribution in [1.82, 2.24) is 0 Å². The molecule has 0 spiro atoms. The molecule has 0 aromatic heterocycles. The van der Waals surface area contributed by atoms with Gasteiger partial charge < -0.3 is 4.90 Å². The van der Waals surface area contributed by atoms with Gasteiger partial charge in [-0.05, 0) is 47.7 Å². The molecule has 1 amide bonds. The molecule has 23 heavy (non-hydrogen) atoms. The van der Waals surface area contributed by atoms with Gasteiger partial charge in [0.25, 0.3) is 5.24 Å². The lowest BCUT2D eigenvalue weighted by atomic mass is 10.2. The van der Waals surface area contributed by atoms with Crippen LogP contribution >= 0.6 is 24.0 Å². The Morgan fingerprint density at radius 2 is 1.70 bits per heavy atom. The fraction of sp³-hybridized carbons (Fsp3) is 0.111. The molecule has 116 valence electrons. The summed E-state index contributed by atoms with van der Waals surface area (Å²) in [7, 11) is 4.01. The smallest absolute Gasteiger partial charge is 0.296 e. The number of carbonyl (C=O) groups excluding carboxylic acids is 1. The van der Waals surface area contributed by atoms with Crippen LogP contribution in [0.4, 0.5) is 16.2 Å². The lowest BCUT2D eigenvalue weighted by Crippen LogP contribution is -2.26. The van der Waals surface area contributed by atoms with Crippen LogP contribution in [0, 0.1) is 0 Å². The summed E-state index contributed by atoms with van der Waals surface area (Å²) in [6.07, 6.45) is 1.97. The van der Waals surface area contributed by atoms with Crippen molar-refractivity contribution in [1.29, 1.82) is 0 Å². The van der Waals surface area contributed by atoms with E-state index in [0.29, 0.717) is 4.99 Å². The molecule has 0 radical (unpaired) electrons. The zero-order valence-corrected chi connectivity index (χ0v) is 14.5. The second kappa shape index (κ2) is 6.56. The summed E-state index contributed by atoms with van der Waals surface area (Å²) in [6, 6.07) is 17.7. The predicted molar refractivity (Wildman–Crippen MR) is 103 cm³/mol. The van der Waals surface area contributed by atoms with Gasteiger partial charge in [0.05, 0.1) is 10.6 Å². The third-order valence-corrected chi connectivity index (χ3v) is 4.94. The molecule has 0 aliphatic carbocycles. The zero-order valence-electron chi connectivity index (χ0n) is 12.9. The maximum absolute atomic E-state index is 12.3. The molecule has 0 N–H and O–H groups in total. The molecule has 5 heteroatoms. The highest BCUT2D eigenvalue weighted by molar-refractivity contribution is 8.20. The first-order chi connectivity index (χ1) is 11.1. The van der Waals surface area contributed by atoms with Crippen LogP contribution in [0.3, 0.4) is 0 Å². The Balaban J connectivity index is 1.87. The third-order valence-electron chi connectivity index (χ3n) is 3.52. The number of para-hydroxylation sites is 1. The van der Waals surface area contributed by atoms with E-state index in [1.54, 1.807) is 4.90 Å². The first-order valence-corrected chi connectivity index (χ1v) is 8.39. The maximum atomic E-state index is 12.3. The van der Waals surface area contributed by atoms with Crippen LogP contribution in [0.5, 0.6) is 0 Å². The summed E-state index contributed by atoms with van der Waals surface area (Å²) in [5, 5.41) is -0.0580. The Hall–Kier alpha value is -2.11. The Labute approximate surface area is 145 Å². The van der Waals surface area contributed by atoms with Crippen molar-refractivity contribution in [2.45, 2.75) is 0 Å². The quantitative estimate of drug-likeness (QED) is 0.592. The van der Waals surface area contributed by atoms with Gasteiger partial charge in [0.1, 0.15) is 4.99 Å². The molecule has 0 unspecified atom stereocenters. The second-order valence-electron chi connectivity index (χ2n) is 5.34. The standard InChI is InChI=1S/C18H16N2OS2/c1-19(2)14-10-8-13(9-11-14)12-16-17(22)20(18(21)23-16)15-6-4-3-5-7-15/h3-12H,1-2H3. The van der Waals surface area contributed by atoms with E-state index in [2.05, 4.69) is 0 Å². The fourth-order valence-electron chi connectivity index (χ4n) is 2.29. The first kappa shape index (κ1) is 15.8. The Morgan fingerprint density at radius 3 is 2.30 bits per heavy atom. The van der Waals surface area contributed by atoms with Gasteiger partial charge >= 0.3 is 0 Å². The van der Waals surface area contributed by atoms with E-state index in [9.17, 15) is 4.79 Å². The van der Waals surface area contributed by atoms with Gasteiger partial charge in [-0.15, -0.1) is 0 Å². The summed E-state index contributed by atoms with van der Waals surface area (Å²) in [6.45, 7) is 0. The second-order valence-corrected chi connectivity index (χ2v) is 6.72. The normalized spacial score (nSPS) is 16.3. The average molecular weight is 340 g/mol. The van der Waals surface area contributed by atoms with Gasteiger partial charge in [-0.3, -0.25) is 9.69 Å². The minimum Gasteiger partial charge on any atom is -0.378 e. The number of nitrogens with zero attached hydrogens (tertiary/aromatic N) is 2. The van der Waals surface area contributed by atoms with Gasteiger partial charge in [-0.2, -0.15) is 0 Å². The van der Waals surface area contributed by atoms with E-state index in [1.165, 1.54) is 11.8 Å². The number of hydrogen-bond donors (Lipinski definition) is 0. The van der Waals surface area contributed by atoms with E-state index in [0.717, 1.165) is 21.8 Å². The summed E-state index contributed by atoms with van der Waals surface area (Å²) in [5.74, 6) is 0. The Morgan fingerprint density at radius 1 is 1.04 bits per heavy atom. The van der Waals surface area contributed by atoms with Gasteiger partial charge in [-0.25, -0.2) is 0 Å². The number of carbonyl (C=O) groups is 1. The first-order valence-electron chi connectivity index (χ1n) is 7.16. The number of anilines is 2. The van der Waals surface area contributed by atoms with E-state index in [-0.39, 0.29) is 5.24 Å². The number of thiocarbonyl (C=S) groups is 1. The Kier molecular flexibility index (Phi) is 4.50. The van der Waals surface area contributed by atoms with Crippen LogP contribution in [0.15, 0.2) is 59.5 Å². The van der Waals surface area contributed by atoms with Crippen molar-refractivity contribution in [3.63, 3.8) is 0 Å². The summed E-state index contributed by atoms with van der Waals surface area (Å²) < 4.78 is 0. The highest BCUT2D eigenvalue weighted by Crippen LogP contribution is 2.36. The van der Waals surface area contributed by atoms with Crippen LogP contribution in [-0.4, -0.2) is 24.3 Å². The summed E-state index contributed by atoms with van der Waals surface area (Å²) >= 11 is 6.67. The largest absolute Gasteiger partial charge is 0.378 e. The summed E-state index contributed by atoms with van der Waals surface area (Å²) in [4.78, 5) is 17.3. The number of benzene rings is 2. The third kappa shape index (κ3) is 3.30. The lowest BCUT2D eigenvalue weighted by molar-refractivity contribution is 0.268. The van der Waals surface area contributed by atoms with Gasteiger partial charge in [0, 0.05) is 19.8 Å². The van der Waals surface area contributed by atoms with Gasteiger partial charge in [0.15, 0.2) is 0 Å². The van der Waals surface area contributed by atoms with E-state index in [1.807, 2.05) is 79.7 Å². The number of hydrogen-bond acceptors (Lipinski definition) is 4. The van der Waals surface area contributed by atoms with E-state index < -0.39 is 0 Å². The molecule has 1 aliphatic heterocycles. The van der Waals surface area contributed by atoms with Crippen LogP contribution in [-0.2, 0) is 0 Å². The van der Waals surface area contributed by atoms with Gasteiger partial charge in [-0.1, -0.05) is 42.5 Å². The topological polar surface area (TPSA) is 23.6 Å². The molecule has 2 aromatic carbocycles. The highest BCUT2D eigenvalue weighted by atomic mass is 32.2. The van der Waals surface area contributed by atoms with Crippen LogP contribution in [0.25, 0.3) is 6.08 Å². The molecule has 1 heterocycles. The molecule has 3 nitrogen and oxygen atoms in total. The van der Waals surface area contributed by atoms with Crippen molar-refractivity contribution in [2.24, 2.45) is 0 Å². The molecule has 3 rings (SSSR count). The van der Waals surface area contributed by atoms with E-state index in [4.69, 9.17) is 12.2 Å². The van der Waals surface area contributed by atoms with Crippen molar-refractivity contribution in [3.8, 4) is 0 Å². The minimum absolute atomic E-state index is 0.0580. The summed E-state index contributed by atoms with van der Waals surface area (Å²) in [5.41, 5.74) is 2.97. The van der Waals surface area contributed by atoms with Crippen LogP contribution in [0.2, 0.25) is 0 Å². The number of amides is 1. The van der Waals surface area contributed by atoms with Crippen molar-refractivity contribution >= 4 is 51.7 Å². The minimum atomic E-state index is -0.0580. The van der Waals surface area contributed by atoms with Crippen molar-refractivity contribution in [2.75, 3.05) is 23.9 Å². The average Bonchev–Trinajstić information content (AvgIpc) is 2.82. The molecular weight excluding hydrogens is 324 g/mol. The molecule has 0 saturated carbocycles. The van der Waals surface area contributed by atoms with Crippen LogP contribution < -0.4 is 9.80 Å². The number of thioether (sulfide) groups is 1. The van der Waals surface area contributed by atoms with E-state index >= 15 is 0 Å². The molecule has 2 aromatic rings. The monoisotopic (exact) mass is 340 g/mol. The fourth-order valence-corrected chi connectivity index (χ4v) is 3.57. The maximum Gasteiger partial charge on any atom is 0.296 e. The highest BCUT2D eigenvalue weighted by Gasteiger charge is 2.32. The molecule has 0 atom stereocenters. The van der Waals surface area contributed by atoms with Crippen molar-refractivity contribution in [3.05, 3.63) is 65.1 Å². The predicted octanol–water partition coefficient (Wildman–Crippen LogP) is 4.79. The van der Waals surface area contributed by atoms with Crippen LogP contribution in [0.1, 0.15) is 5.56 Å². The molecule has 0 bridgehead atoms. The Bertz CT molecular complexity index is 767. The number of rotatable bonds is 3. The molecular formula is C18H16N2OS2. The van der Waals surface area contributed by atoms with Crippen molar-refractivity contribution < 1.29 is 4.79 Å². The molecule has 1 fully saturated rings. The molecule has 1 saturated heterocycles. The lowest BCUT2D eigenvalue weighted by Gasteiger charge is -2.14. The van der Waals surface area contributed by atoms with Gasteiger partial charge in [0.2, 0.25) is 0 Å². The zero-order chi connectivity index (χ0) is 16.4. The SMILES string of the molecule is CN(C)c1ccc(C=C2SC(=O)N(c3ccccc3)C2=S)cc1.